The molecule has 0 bridgehead atoms. The number of aromatic hydroxyl groups is 1. The third-order valence-electron chi connectivity index (χ3n) is 0.786. The maximum atomic E-state index is 9.02. The van der Waals surface area contributed by atoms with Gasteiger partial charge in [-0.1, -0.05) is 0 Å². The Hall–Kier alpha value is -1.05. The molecule has 2 heteroatoms. The van der Waals surface area contributed by atoms with E-state index in [0.717, 1.165) is 0 Å². The molecule has 1 N–H and O–H groups in total. The molecular weight excluding hydrogens is 102 g/mol. The fourth-order valence-electron chi connectivity index (χ4n) is 0.397. The van der Waals surface area contributed by atoms with Gasteiger partial charge in [-0.25, -0.2) is 0 Å². The zero-order chi connectivity index (χ0) is 8.48. The first kappa shape index (κ1) is 2.49. The summed E-state index contributed by atoms with van der Waals surface area (Å²) in [7, 11) is 0. The predicted molar refractivity (Wildman–Crippen MR) is 30.6 cm³/mol. The number of hydrogen-bond donors (Lipinski definition) is 1. The number of aryl methyl sites for hydroxylation is 1. The molecule has 0 atom stereocenters. The lowest BCUT2D eigenvalue weighted by molar-refractivity contribution is 0.467. The smallest absolute Gasteiger partial charge is 0.136 e. The molecule has 2 nitrogen and oxygen atoms in total. The second kappa shape index (κ2) is 1.82. The van der Waals surface area contributed by atoms with Crippen molar-refractivity contribution < 1.29 is 9.22 Å². The Bertz CT molecular complexity index is 258. The van der Waals surface area contributed by atoms with Crippen LogP contribution >= 0.6 is 0 Å². The average molecular weight is 112 g/mol. The maximum absolute atomic E-state index is 9.02. The van der Waals surface area contributed by atoms with Gasteiger partial charge in [-0.2, -0.15) is 0 Å². The summed E-state index contributed by atoms with van der Waals surface area (Å²) in [6.45, 7) is -2.33. The minimum absolute atomic E-state index is 0.250. The summed E-state index contributed by atoms with van der Waals surface area (Å²) >= 11 is 0. The Kier molecular flexibility index (Phi) is 0.565. The van der Waals surface area contributed by atoms with Crippen LogP contribution in [0.1, 0.15) is 9.81 Å². The van der Waals surface area contributed by atoms with Crippen molar-refractivity contribution in [2.75, 3.05) is 0 Å². The largest absolute Gasteiger partial charge is 0.506 e. The van der Waals surface area contributed by atoms with E-state index in [1.54, 1.807) is 0 Å². The fourth-order valence-corrected chi connectivity index (χ4v) is 0.397. The molecule has 0 aliphatic carbocycles. The van der Waals surface area contributed by atoms with Crippen LogP contribution in [-0.4, -0.2) is 10.1 Å². The monoisotopic (exact) mass is 112 g/mol. The van der Waals surface area contributed by atoms with Crippen molar-refractivity contribution in [3.05, 3.63) is 24.0 Å². The topological polar surface area (TPSA) is 33.1 Å². The number of pyridine rings is 1. The Balaban J connectivity index is 3.14. The molecule has 0 aliphatic rings. The van der Waals surface area contributed by atoms with Crippen molar-refractivity contribution in [1.82, 2.24) is 4.98 Å². The van der Waals surface area contributed by atoms with Gasteiger partial charge in [-0.05, 0) is 19.0 Å². The van der Waals surface area contributed by atoms with Crippen LogP contribution in [0.3, 0.4) is 0 Å². The second-order valence-corrected chi connectivity index (χ2v) is 1.37. The molecule has 42 valence electrons. The summed E-state index contributed by atoms with van der Waals surface area (Å²) in [6, 6.07) is 2.78. The molecule has 8 heavy (non-hydrogen) atoms. The molecule has 1 aromatic rings. The third-order valence-corrected chi connectivity index (χ3v) is 0.786. The molecule has 1 rings (SSSR count). The van der Waals surface area contributed by atoms with Gasteiger partial charge < -0.3 is 5.11 Å². The Labute approximate surface area is 52.0 Å². The SMILES string of the molecule is [2H]C([2H])([2H])c1ncccc1O. The average Bonchev–Trinajstić information content (AvgIpc) is 1.86. The zero-order valence-corrected chi connectivity index (χ0v) is 4.13. The Morgan fingerprint density at radius 2 is 2.75 bits per heavy atom. The lowest BCUT2D eigenvalue weighted by Gasteiger charge is -1.91. The molecule has 0 aromatic carbocycles. The lowest BCUT2D eigenvalue weighted by Crippen LogP contribution is -1.76. The maximum Gasteiger partial charge on any atom is 0.136 e. The van der Waals surface area contributed by atoms with Gasteiger partial charge in [0.2, 0.25) is 0 Å². The van der Waals surface area contributed by atoms with Crippen LogP contribution in [0.4, 0.5) is 0 Å². The highest BCUT2D eigenvalue weighted by Crippen LogP contribution is 2.08. The van der Waals surface area contributed by atoms with Crippen molar-refractivity contribution in [3.63, 3.8) is 0 Å². The van der Waals surface area contributed by atoms with Crippen LogP contribution in [0, 0.1) is 6.85 Å². The lowest BCUT2D eigenvalue weighted by atomic mass is 10.3. The highest BCUT2D eigenvalue weighted by Gasteiger charge is 1.88. The molecule has 0 fully saturated rings. The summed E-state index contributed by atoms with van der Waals surface area (Å²) < 4.78 is 20.8. The number of aromatic nitrogens is 1. The van der Waals surface area contributed by atoms with E-state index in [4.69, 9.17) is 9.22 Å². The van der Waals surface area contributed by atoms with Gasteiger partial charge in [-0.3, -0.25) is 4.98 Å². The molecule has 0 aliphatic heterocycles. The molecule has 0 radical (unpaired) electrons. The van der Waals surface area contributed by atoms with E-state index in [1.807, 2.05) is 0 Å². The van der Waals surface area contributed by atoms with Crippen molar-refractivity contribution in [2.24, 2.45) is 0 Å². The Morgan fingerprint density at radius 1 is 1.88 bits per heavy atom. The molecule has 0 unspecified atom stereocenters. The van der Waals surface area contributed by atoms with Crippen molar-refractivity contribution in [3.8, 4) is 5.75 Å². The van der Waals surface area contributed by atoms with Crippen LogP contribution in [-0.2, 0) is 0 Å². The van der Waals surface area contributed by atoms with Gasteiger partial charge in [0, 0.05) is 10.3 Å². The van der Waals surface area contributed by atoms with Crippen molar-refractivity contribution in [1.29, 1.82) is 0 Å². The van der Waals surface area contributed by atoms with Crippen LogP contribution < -0.4 is 0 Å². The minimum atomic E-state index is -2.33. The Morgan fingerprint density at radius 3 is 3.25 bits per heavy atom. The van der Waals surface area contributed by atoms with E-state index in [0.29, 0.717) is 0 Å². The minimum Gasteiger partial charge on any atom is -0.506 e. The van der Waals surface area contributed by atoms with Crippen LogP contribution in [0.15, 0.2) is 18.3 Å². The first-order valence-electron chi connectivity index (χ1n) is 3.66. The summed E-state index contributed by atoms with van der Waals surface area (Å²) in [5.74, 6) is -0.285. The zero-order valence-electron chi connectivity index (χ0n) is 7.13. The predicted octanol–water partition coefficient (Wildman–Crippen LogP) is 1.10. The summed E-state index contributed by atoms with van der Waals surface area (Å²) in [6.07, 6.45) is 1.33. The van der Waals surface area contributed by atoms with Crippen molar-refractivity contribution >= 4 is 0 Å². The number of hydrogen-bond acceptors (Lipinski definition) is 2. The molecular formula is C6H7NO. The van der Waals surface area contributed by atoms with Gasteiger partial charge in [0.05, 0.1) is 5.69 Å². The summed E-state index contributed by atoms with van der Waals surface area (Å²) in [5, 5.41) is 9.02. The van der Waals surface area contributed by atoms with Crippen LogP contribution in [0.5, 0.6) is 5.75 Å². The van der Waals surface area contributed by atoms with Gasteiger partial charge >= 0.3 is 0 Å². The van der Waals surface area contributed by atoms with Crippen LogP contribution in [0.25, 0.3) is 0 Å². The number of nitrogens with zero attached hydrogens (tertiary/aromatic N) is 1. The molecule has 1 heterocycles. The number of rotatable bonds is 0. The van der Waals surface area contributed by atoms with E-state index in [1.165, 1.54) is 18.3 Å². The van der Waals surface area contributed by atoms with Gasteiger partial charge in [0.1, 0.15) is 5.75 Å². The van der Waals surface area contributed by atoms with Crippen molar-refractivity contribution in [2.45, 2.75) is 6.85 Å². The van der Waals surface area contributed by atoms with Gasteiger partial charge in [0.25, 0.3) is 0 Å². The van der Waals surface area contributed by atoms with E-state index in [-0.39, 0.29) is 11.4 Å². The quantitative estimate of drug-likeness (QED) is 0.545. The normalized spacial score (nSPS) is 16.2. The first-order valence-corrected chi connectivity index (χ1v) is 2.16. The fraction of sp³-hybridized carbons (Fsp3) is 0.167. The first-order chi connectivity index (χ1) is 5.02. The summed E-state index contributed by atoms with van der Waals surface area (Å²) in [5.41, 5.74) is -0.250. The van der Waals surface area contributed by atoms with E-state index >= 15 is 0 Å². The highest BCUT2D eigenvalue weighted by atomic mass is 16.3. The van der Waals surface area contributed by atoms with E-state index in [9.17, 15) is 0 Å². The second-order valence-electron chi connectivity index (χ2n) is 1.37. The molecule has 0 amide bonds. The van der Waals surface area contributed by atoms with E-state index in [2.05, 4.69) is 4.98 Å². The van der Waals surface area contributed by atoms with Gasteiger partial charge in [0.15, 0.2) is 0 Å². The van der Waals surface area contributed by atoms with Crippen LogP contribution in [0.2, 0.25) is 0 Å². The highest BCUT2D eigenvalue weighted by molar-refractivity contribution is 5.22. The summed E-state index contributed by atoms with van der Waals surface area (Å²) in [4.78, 5) is 3.54. The molecule has 0 spiro atoms. The molecule has 0 saturated heterocycles. The molecule has 0 saturated carbocycles. The van der Waals surface area contributed by atoms with Gasteiger partial charge in [-0.15, -0.1) is 0 Å². The standard InChI is InChI=1S/C6H7NO/c1-5-6(8)3-2-4-7-5/h2-4,8H,1H3/i1D3. The molecule has 1 aromatic heterocycles. The third kappa shape index (κ3) is 0.780. The van der Waals surface area contributed by atoms with E-state index < -0.39 is 6.85 Å².